The van der Waals surface area contributed by atoms with Crippen LogP contribution in [0.5, 0.6) is 0 Å². The molecule has 0 amide bonds. The molecule has 1 fully saturated rings. The Bertz CT molecular complexity index is 1600. The van der Waals surface area contributed by atoms with Crippen molar-refractivity contribution in [2.75, 3.05) is 0 Å². The highest BCUT2D eigenvalue weighted by Gasteiger charge is 2.58. The summed E-state index contributed by atoms with van der Waals surface area (Å²) in [4.78, 5) is 5.15. The molecule has 0 spiro atoms. The number of benzene rings is 2. The van der Waals surface area contributed by atoms with Crippen LogP contribution in [-0.2, 0) is 28.1 Å². The average Bonchev–Trinajstić information content (AvgIpc) is 3.34. The maximum atomic E-state index is 14.0. The maximum absolute atomic E-state index is 14.0. The number of sulfone groups is 1. The molecule has 0 aliphatic heterocycles. The number of fused-ring (bicyclic) bond motifs is 2. The van der Waals surface area contributed by atoms with E-state index in [1.54, 1.807) is 24.3 Å². The van der Waals surface area contributed by atoms with E-state index < -0.39 is 25.9 Å². The van der Waals surface area contributed by atoms with E-state index in [1.165, 1.54) is 12.1 Å². The molecule has 202 valence electrons. The summed E-state index contributed by atoms with van der Waals surface area (Å²) >= 11 is 0. The lowest BCUT2D eigenvalue weighted by molar-refractivity contribution is 0.00414. The van der Waals surface area contributed by atoms with Gasteiger partial charge in [0.05, 0.1) is 27.2 Å². The third-order valence-electron chi connectivity index (χ3n) is 9.39. The van der Waals surface area contributed by atoms with Gasteiger partial charge in [-0.2, -0.15) is 0 Å². The smallest absolute Gasteiger partial charge is 0.181 e. The zero-order chi connectivity index (χ0) is 27.4. The predicted molar refractivity (Wildman–Crippen MR) is 148 cm³/mol. The molecule has 2 aromatic heterocycles. The monoisotopic (exact) mass is 544 g/mol. The van der Waals surface area contributed by atoms with E-state index in [2.05, 4.69) is 30.2 Å². The maximum Gasteiger partial charge on any atom is 0.181 e. The number of pyridine rings is 1. The predicted octanol–water partition coefficient (Wildman–Crippen LogP) is 5.82. The van der Waals surface area contributed by atoms with Crippen molar-refractivity contribution in [1.82, 2.24) is 20.0 Å². The first-order chi connectivity index (χ1) is 18.6. The lowest BCUT2D eigenvalue weighted by Gasteiger charge is -2.57. The van der Waals surface area contributed by atoms with Crippen LogP contribution in [-0.4, -0.2) is 33.6 Å². The lowest BCUT2D eigenvalue weighted by atomic mass is 9.48. The molecular formula is C31H33FN4O2S. The second-order valence-electron chi connectivity index (χ2n) is 11.7. The molecule has 0 N–H and O–H groups in total. The van der Waals surface area contributed by atoms with E-state index in [0.717, 1.165) is 41.2 Å². The molecule has 1 unspecified atom stereocenters. The van der Waals surface area contributed by atoms with E-state index in [4.69, 9.17) is 4.98 Å². The molecule has 3 atom stereocenters. The van der Waals surface area contributed by atoms with Gasteiger partial charge in [-0.1, -0.05) is 42.8 Å². The van der Waals surface area contributed by atoms with Gasteiger partial charge in [0.1, 0.15) is 5.82 Å². The van der Waals surface area contributed by atoms with Crippen LogP contribution in [0.3, 0.4) is 0 Å². The number of halogens is 1. The van der Waals surface area contributed by atoms with Gasteiger partial charge in [-0.25, -0.2) is 17.5 Å². The van der Waals surface area contributed by atoms with Crippen LogP contribution in [0.25, 0.3) is 5.69 Å². The lowest BCUT2D eigenvalue weighted by Crippen LogP contribution is -2.56. The minimum Gasteiger partial charge on any atom is -0.261 e. The van der Waals surface area contributed by atoms with Gasteiger partial charge in [-0.05, 0) is 92.5 Å². The number of hydrogen-bond acceptors (Lipinski definition) is 5. The Morgan fingerprint density at radius 2 is 1.74 bits per heavy atom. The van der Waals surface area contributed by atoms with Crippen molar-refractivity contribution in [3.05, 3.63) is 101 Å². The summed E-state index contributed by atoms with van der Waals surface area (Å²) in [5, 5.41) is 8.59. The summed E-state index contributed by atoms with van der Waals surface area (Å²) in [5.41, 5.74) is 3.87. The number of aromatic nitrogens is 4. The molecule has 0 bridgehead atoms. The van der Waals surface area contributed by atoms with E-state index in [1.807, 2.05) is 42.1 Å². The third kappa shape index (κ3) is 4.20. The normalized spacial score (nSPS) is 23.2. The molecule has 39 heavy (non-hydrogen) atoms. The molecule has 2 aromatic carbocycles. The molecule has 2 aliphatic carbocycles. The van der Waals surface area contributed by atoms with Crippen molar-refractivity contribution in [3.8, 4) is 5.69 Å². The van der Waals surface area contributed by atoms with E-state index in [-0.39, 0.29) is 11.7 Å². The molecule has 0 saturated heterocycles. The summed E-state index contributed by atoms with van der Waals surface area (Å²) in [5.74, 6) is -0.0823. The highest BCUT2D eigenvalue weighted by atomic mass is 32.2. The summed E-state index contributed by atoms with van der Waals surface area (Å²) in [6, 6.07) is 19.5. The molecule has 4 aromatic rings. The Hall–Kier alpha value is -3.39. The number of aryl methyl sites for hydroxylation is 1. The van der Waals surface area contributed by atoms with Crippen molar-refractivity contribution < 1.29 is 12.8 Å². The van der Waals surface area contributed by atoms with Crippen LogP contribution < -0.4 is 0 Å². The minimum absolute atomic E-state index is 0.212. The van der Waals surface area contributed by atoms with Crippen molar-refractivity contribution in [1.29, 1.82) is 0 Å². The van der Waals surface area contributed by atoms with E-state index >= 15 is 0 Å². The summed E-state index contributed by atoms with van der Waals surface area (Å²) in [7, 11) is -3.53. The van der Waals surface area contributed by atoms with Crippen LogP contribution in [0.15, 0.2) is 77.8 Å². The van der Waals surface area contributed by atoms with E-state index in [9.17, 15) is 12.8 Å². The number of hydrogen-bond donors (Lipinski definition) is 0. The molecule has 6 rings (SSSR count). The molecular weight excluding hydrogens is 511 g/mol. The molecule has 2 aliphatic rings. The standard InChI is InChI=1S/C31H33FN4O2S/c1-21-7-14-25(15-8-21)39(37,38)26-16-9-22-18-28-27(34-35-36(28)24-12-10-23(32)11-13-24)20-31(22,19-26)30(2,3)29-6-4-5-17-33-29/h4-8,10-15,17,22,26H,9,16,18-20H2,1-3H3/t22?,26-,31+/m0/s1. The second-order valence-corrected chi connectivity index (χ2v) is 13.9. The molecule has 0 radical (unpaired) electrons. The zero-order valence-corrected chi connectivity index (χ0v) is 23.3. The van der Waals surface area contributed by atoms with Gasteiger partial charge in [-0.3, -0.25) is 4.98 Å². The van der Waals surface area contributed by atoms with Gasteiger partial charge in [0, 0.05) is 23.7 Å². The Kier molecular flexibility index (Phi) is 6.21. The highest BCUT2D eigenvalue weighted by molar-refractivity contribution is 7.92. The fourth-order valence-electron chi connectivity index (χ4n) is 7.01. The summed E-state index contributed by atoms with van der Waals surface area (Å²) < 4.78 is 43.4. The second kappa shape index (κ2) is 9.37. The highest BCUT2D eigenvalue weighted by Crippen LogP contribution is 2.59. The van der Waals surface area contributed by atoms with Crippen LogP contribution in [0.1, 0.15) is 55.8 Å². The largest absolute Gasteiger partial charge is 0.261 e. The van der Waals surface area contributed by atoms with Gasteiger partial charge >= 0.3 is 0 Å². The Balaban J connectivity index is 1.45. The Morgan fingerprint density at radius 1 is 1.00 bits per heavy atom. The van der Waals surface area contributed by atoms with Crippen molar-refractivity contribution in [2.24, 2.45) is 11.3 Å². The topological polar surface area (TPSA) is 77.7 Å². The minimum atomic E-state index is -3.53. The quantitative estimate of drug-likeness (QED) is 0.317. The first-order valence-corrected chi connectivity index (χ1v) is 15.1. The molecule has 2 heterocycles. The van der Waals surface area contributed by atoms with Crippen molar-refractivity contribution in [3.63, 3.8) is 0 Å². The zero-order valence-electron chi connectivity index (χ0n) is 22.5. The first kappa shape index (κ1) is 25.9. The number of nitrogens with zero attached hydrogens (tertiary/aromatic N) is 4. The van der Waals surface area contributed by atoms with Gasteiger partial charge in [0.15, 0.2) is 9.84 Å². The third-order valence-corrected chi connectivity index (χ3v) is 11.6. The van der Waals surface area contributed by atoms with Gasteiger partial charge in [0.25, 0.3) is 0 Å². The van der Waals surface area contributed by atoms with Gasteiger partial charge < -0.3 is 0 Å². The fraction of sp³-hybridized carbons (Fsp3) is 0.387. The van der Waals surface area contributed by atoms with Gasteiger partial charge in [0.2, 0.25) is 0 Å². The van der Waals surface area contributed by atoms with Crippen LogP contribution in [0, 0.1) is 24.1 Å². The van der Waals surface area contributed by atoms with Crippen molar-refractivity contribution >= 4 is 9.84 Å². The van der Waals surface area contributed by atoms with E-state index in [0.29, 0.717) is 24.2 Å². The Labute approximate surface area is 229 Å². The van der Waals surface area contributed by atoms with Crippen LogP contribution in [0.4, 0.5) is 4.39 Å². The molecule has 8 heteroatoms. The fourth-order valence-corrected chi connectivity index (χ4v) is 8.87. The SMILES string of the molecule is Cc1ccc(S(=O)(=O)[C@H]2CCC3Cc4c(nnn4-c4ccc(F)cc4)C[C@]3(C(C)(C)c3ccccn3)C2)cc1. The molecule has 6 nitrogen and oxygen atoms in total. The summed E-state index contributed by atoms with van der Waals surface area (Å²) in [6.45, 7) is 6.38. The Morgan fingerprint density at radius 3 is 2.44 bits per heavy atom. The first-order valence-electron chi connectivity index (χ1n) is 13.5. The summed E-state index contributed by atoms with van der Waals surface area (Å²) in [6.07, 6.45) is 5.06. The van der Waals surface area contributed by atoms with Crippen LogP contribution in [0.2, 0.25) is 0 Å². The molecule has 1 saturated carbocycles. The average molecular weight is 545 g/mol. The van der Waals surface area contributed by atoms with Gasteiger partial charge in [-0.15, -0.1) is 5.10 Å². The van der Waals surface area contributed by atoms with Crippen LogP contribution >= 0.6 is 0 Å². The van der Waals surface area contributed by atoms with Crippen molar-refractivity contribution in [2.45, 2.75) is 68.4 Å². The number of rotatable bonds is 5.